The van der Waals surface area contributed by atoms with E-state index >= 15 is 0 Å². The highest BCUT2D eigenvalue weighted by atomic mass is 35.5. The maximum atomic E-state index is 12.3. The fourth-order valence-electron chi connectivity index (χ4n) is 2.59. The molecule has 1 heterocycles. The zero-order chi connectivity index (χ0) is 20.6. The Bertz CT molecular complexity index is 992. The van der Waals surface area contributed by atoms with Crippen LogP contribution in [0.5, 0.6) is 5.75 Å². The first kappa shape index (κ1) is 21.0. The highest BCUT2D eigenvalue weighted by Gasteiger charge is 2.14. The second kappa shape index (κ2) is 10.1. The van der Waals surface area contributed by atoms with E-state index in [-0.39, 0.29) is 18.3 Å². The summed E-state index contributed by atoms with van der Waals surface area (Å²) in [5, 5.41) is 12.6. The largest absolute Gasteiger partial charge is 0.486 e. The number of ether oxygens (including phenoxy) is 1. The minimum Gasteiger partial charge on any atom is -0.486 e. The van der Waals surface area contributed by atoms with Crippen LogP contribution in [-0.2, 0) is 17.9 Å². The van der Waals surface area contributed by atoms with Crippen molar-refractivity contribution in [2.24, 2.45) is 0 Å². The summed E-state index contributed by atoms with van der Waals surface area (Å²) >= 11 is 7.27. The van der Waals surface area contributed by atoms with Gasteiger partial charge in [0.05, 0.1) is 5.75 Å². The third kappa shape index (κ3) is 5.85. The highest BCUT2D eigenvalue weighted by Crippen LogP contribution is 2.22. The van der Waals surface area contributed by atoms with E-state index in [1.54, 1.807) is 18.2 Å². The molecule has 0 saturated carbocycles. The number of para-hydroxylation sites is 1. The minimum absolute atomic E-state index is 0.129. The van der Waals surface area contributed by atoms with Gasteiger partial charge in [-0.15, -0.1) is 16.8 Å². The van der Waals surface area contributed by atoms with Crippen LogP contribution in [0.2, 0.25) is 5.02 Å². The molecular formula is C21H21ClN4O2S. The molecular weight excluding hydrogens is 408 g/mol. The number of carbonyl (C=O) groups is 1. The molecule has 2 aromatic carbocycles. The molecule has 0 bridgehead atoms. The SMILES string of the molecule is C=CCn1c(COc2ccccc2)nnc1SCC(=O)Nc1ccc(Cl)cc1C. The molecule has 150 valence electrons. The van der Waals surface area contributed by atoms with E-state index in [2.05, 4.69) is 22.1 Å². The zero-order valence-corrected chi connectivity index (χ0v) is 17.5. The number of hydrogen-bond acceptors (Lipinski definition) is 5. The summed E-state index contributed by atoms with van der Waals surface area (Å²) in [6, 6.07) is 14.9. The molecule has 3 aromatic rings. The molecule has 29 heavy (non-hydrogen) atoms. The van der Waals surface area contributed by atoms with Crippen LogP contribution in [0.4, 0.5) is 5.69 Å². The number of nitrogens with one attached hydrogen (secondary N) is 1. The van der Waals surface area contributed by atoms with Gasteiger partial charge in [-0.3, -0.25) is 9.36 Å². The van der Waals surface area contributed by atoms with E-state index in [1.165, 1.54) is 11.8 Å². The average Bonchev–Trinajstić information content (AvgIpc) is 3.10. The second-order valence-electron chi connectivity index (χ2n) is 6.20. The van der Waals surface area contributed by atoms with Gasteiger partial charge in [-0.2, -0.15) is 0 Å². The van der Waals surface area contributed by atoms with Gasteiger partial charge in [-0.05, 0) is 42.8 Å². The number of anilines is 1. The van der Waals surface area contributed by atoms with E-state index in [0.717, 1.165) is 17.0 Å². The van der Waals surface area contributed by atoms with Gasteiger partial charge in [0.2, 0.25) is 5.91 Å². The Morgan fingerprint density at radius 1 is 1.28 bits per heavy atom. The van der Waals surface area contributed by atoms with Gasteiger partial charge >= 0.3 is 0 Å². The van der Waals surface area contributed by atoms with E-state index in [0.29, 0.717) is 22.5 Å². The van der Waals surface area contributed by atoms with Gasteiger partial charge in [-0.25, -0.2) is 0 Å². The van der Waals surface area contributed by atoms with Gasteiger partial charge in [-0.1, -0.05) is 47.6 Å². The topological polar surface area (TPSA) is 69.0 Å². The Kier molecular flexibility index (Phi) is 7.32. The molecule has 0 spiro atoms. The van der Waals surface area contributed by atoms with E-state index in [4.69, 9.17) is 16.3 Å². The number of aryl methyl sites for hydroxylation is 1. The van der Waals surface area contributed by atoms with Crippen molar-refractivity contribution in [1.29, 1.82) is 0 Å². The van der Waals surface area contributed by atoms with Gasteiger partial charge in [0.25, 0.3) is 0 Å². The number of hydrogen-bond donors (Lipinski definition) is 1. The minimum atomic E-state index is -0.129. The first-order valence-electron chi connectivity index (χ1n) is 8.96. The normalized spacial score (nSPS) is 10.6. The molecule has 0 aliphatic heterocycles. The monoisotopic (exact) mass is 428 g/mol. The molecule has 8 heteroatoms. The number of rotatable bonds is 9. The van der Waals surface area contributed by atoms with Gasteiger partial charge in [0, 0.05) is 17.3 Å². The Morgan fingerprint density at radius 3 is 2.79 bits per heavy atom. The molecule has 0 saturated heterocycles. The summed E-state index contributed by atoms with van der Waals surface area (Å²) in [7, 11) is 0. The lowest BCUT2D eigenvalue weighted by Crippen LogP contribution is -2.15. The van der Waals surface area contributed by atoms with Crippen LogP contribution in [-0.4, -0.2) is 26.4 Å². The van der Waals surface area contributed by atoms with E-state index in [1.807, 2.05) is 47.9 Å². The lowest BCUT2D eigenvalue weighted by atomic mass is 10.2. The van der Waals surface area contributed by atoms with Crippen molar-refractivity contribution < 1.29 is 9.53 Å². The van der Waals surface area contributed by atoms with Crippen LogP contribution < -0.4 is 10.1 Å². The predicted molar refractivity (Wildman–Crippen MR) is 117 cm³/mol. The van der Waals surface area contributed by atoms with Crippen molar-refractivity contribution in [3.8, 4) is 5.75 Å². The molecule has 6 nitrogen and oxygen atoms in total. The number of allylic oxidation sites excluding steroid dienone is 1. The molecule has 0 atom stereocenters. The van der Waals surface area contributed by atoms with Gasteiger partial charge in [0.1, 0.15) is 12.4 Å². The van der Waals surface area contributed by atoms with Gasteiger partial charge in [0.15, 0.2) is 11.0 Å². The number of nitrogens with zero attached hydrogens (tertiary/aromatic N) is 3. The van der Waals surface area contributed by atoms with Crippen molar-refractivity contribution in [3.63, 3.8) is 0 Å². The lowest BCUT2D eigenvalue weighted by Gasteiger charge is -2.10. The summed E-state index contributed by atoms with van der Waals surface area (Å²) in [6.45, 7) is 6.49. The van der Waals surface area contributed by atoms with Crippen LogP contribution in [0.15, 0.2) is 66.3 Å². The smallest absolute Gasteiger partial charge is 0.234 e. The fraction of sp³-hybridized carbons (Fsp3) is 0.190. The van der Waals surface area contributed by atoms with Crippen LogP contribution in [0.3, 0.4) is 0 Å². The maximum Gasteiger partial charge on any atom is 0.234 e. The van der Waals surface area contributed by atoms with Crippen LogP contribution in [0.1, 0.15) is 11.4 Å². The molecule has 0 radical (unpaired) electrons. The summed E-state index contributed by atoms with van der Waals surface area (Å²) in [4.78, 5) is 12.3. The van der Waals surface area contributed by atoms with Crippen molar-refractivity contribution in [2.75, 3.05) is 11.1 Å². The average molecular weight is 429 g/mol. The summed E-state index contributed by atoms with van der Waals surface area (Å²) in [5.74, 6) is 1.50. The molecule has 1 aromatic heterocycles. The Balaban J connectivity index is 1.61. The number of amides is 1. The zero-order valence-electron chi connectivity index (χ0n) is 16.0. The number of carbonyl (C=O) groups excluding carboxylic acids is 1. The first-order valence-corrected chi connectivity index (χ1v) is 10.3. The molecule has 0 fully saturated rings. The van der Waals surface area contributed by atoms with Crippen molar-refractivity contribution in [1.82, 2.24) is 14.8 Å². The summed E-state index contributed by atoms with van der Waals surface area (Å²) in [5.41, 5.74) is 1.65. The molecule has 0 aliphatic rings. The Hall–Kier alpha value is -2.77. The first-order chi connectivity index (χ1) is 14.1. The Morgan fingerprint density at radius 2 is 2.07 bits per heavy atom. The number of thioether (sulfide) groups is 1. The summed E-state index contributed by atoms with van der Waals surface area (Å²) < 4.78 is 7.65. The quantitative estimate of drug-likeness (QED) is 0.394. The highest BCUT2D eigenvalue weighted by molar-refractivity contribution is 7.99. The van der Waals surface area contributed by atoms with Crippen LogP contribution >= 0.6 is 23.4 Å². The van der Waals surface area contributed by atoms with Crippen LogP contribution in [0, 0.1) is 6.92 Å². The van der Waals surface area contributed by atoms with Crippen molar-refractivity contribution in [2.45, 2.75) is 25.2 Å². The maximum absolute atomic E-state index is 12.3. The molecule has 0 aliphatic carbocycles. The standard InChI is InChI=1S/C21H21ClN4O2S/c1-3-11-26-19(13-28-17-7-5-4-6-8-17)24-25-21(26)29-14-20(27)23-18-10-9-16(22)12-15(18)2/h3-10,12H,1,11,13-14H2,2H3,(H,23,27). The Labute approximate surface area is 178 Å². The third-order valence-corrected chi connectivity index (χ3v) is 5.21. The van der Waals surface area contributed by atoms with E-state index in [9.17, 15) is 4.79 Å². The second-order valence-corrected chi connectivity index (χ2v) is 7.57. The summed E-state index contributed by atoms with van der Waals surface area (Å²) in [6.07, 6.45) is 1.76. The number of halogens is 1. The molecule has 1 amide bonds. The molecule has 3 rings (SSSR count). The van der Waals surface area contributed by atoms with E-state index < -0.39 is 0 Å². The van der Waals surface area contributed by atoms with Crippen molar-refractivity contribution >= 4 is 35.0 Å². The predicted octanol–water partition coefficient (Wildman–Crippen LogP) is 4.74. The van der Waals surface area contributed by atoms with Crippen molar-refractivity contribution in [3.05, 3.63) is 77.6 Å². The fourth-order valence-corrected chi connectivity index (χ4v) is 3.59. The number of aromatic nitrogens is 3. The molecule has 1 N–H and O–H groups in total. The molecule has 0 unspecified atom stereocenters. The lowest BCUT2D eigenvalue weighted by molar-refractivity contribution is -0.113. The number of benzene rings is 2. The third-order valence-electron chi connectivity index (χ3n) is 4.01. The van der Waals surface area contributed by atoms with Crippen LogP contribution in [0.25, 0.3) is 0 Å². The van der Waals surface area contributed by atoms with Gasteiger partial charge < -0.3 is 10.1 Å².